The van der Waals surface area contributed by atoms with Crippen LogP contribution in [0.3, 0.4) is 0 Å². The van der Waals surface area contributed by atoms with Crippen molar-refractivity contribution in [1.29, 1.82) is 0 Å². The molecule has 2 nitrogen and oxygen atoms in total. The molecule has 0 saturated heterocycles. The van der Waals surface area contributed by atoms with E-state index in [1.54, 1.807) is 0 Å². The van der Waals surface area contributed by atoms with Crippen LogP contribution in [0, 0.1) is 0 Å². The molecule has 4 aromatic rings. The first kappa shape index (κ1) is 12.4. The van der Waals surface area contributed by atoms with Crippen molar-refractivity contribution in [2.45, 2.75) is 0 Å². The number of fused-ring (bicyclic) bond motifs is 4. The van der Waals surface area contributed by atoms with Crippen molar-refractivity contribution in [3.8, 4) is 0 Å². The zero-order valence-electron chi connectivity index (χ0n) is 10.4. The average Bonchev–Trinajstić information content (AvgIpc) is 2.77. The van der Waals surface area contributed by atoms with E-state index >= 15 is 0 Å². The number of hydrogen-bond acceptors (Lipinski definition) is 1. The molecule has 0 unspecified atom stereocenters. The molecule has 0 fully saturated rings. The number of para-hydroxylation sites is 2. The number of aryl methyl sites for hydroxylation is 1. The van der Waals surface area contributed by atoms with Gasteiger partial charge in [0.25, 0.3) is 5.52 Å². The molecule has 2 aromatic carbocycles. The van der Waals surface area contributed by atoms with E-state index in [0.717, 1.165) is 16.7 Å². The number of benzene rings is 2. The Balaban J connectivity index is 0.00000110. The Hall–Kier alpha value is -1.62. The van der Waals surface area contributed by atoms with Gasteiger partial charge in [-0.15, -0.1) is 0 Å². The van der Waals surface area contributed by atoms with Crippen LogP contribution in [-0.4, -0.2) is 0 Å². The minimum Gasteiger partial charge on any atom is -1.00 e. The second-order valence-electron chi connectivity index (χ2n) is 4.57. The fourth-order valence-electron chi connectivity index (χ4n) is 2.67. The zero-order valence-corrected chi connectivity index (χ0v) is 12.6. The molecule has 0 aliphatic rings. The molecule has 0 N–H and O–H groups in total. The van der Waals surface area contributed by atoms with E-state index < -0.39 is 0 Å². The summed E-state index contributed by atoms with van der Waals surface area (Å²) >= 11 is 0. The first-order valence-corrected chi connectivity index (χ1v) is 6.03. The van der Waals surface area contributed by atoms with Gasteiger partial charge < -0.3 is 28.4 Å². The van der Waals surface area contributed by atoms with Gasteiger partial charge in [0.05, 0.1) is 10.8 Å². The number of pyridine rings is 1. The Morgan fingerprint density at radius 2 is 1.63 bits per heavy atom. The van der Waals surface area contributed by atoms with Gasteiger partial charge in [0.2, 0.25) is 5.52 Å². The predicted molar refractivity (Wildman–Crippen MR) is 72.4 cm³/mol. The van der Waals surface area contributed by atoms with Gasteiger partial charge in [-0.25, -0.2) is 0 Å². The lowest BCUT2D eigenvalue weighted by molar-refractivity contribution is -0.617. The Morgan fingerprint density at radius 3 is 2.53 bits per heavy atom. The van der Waals surface area contributed by atoms with Crippen LogP contribution < -0.4 is 28.5 Å². The Kier molecular flexibility index (Phi) is 2.93. The molecule has 0 aliphatic heterocycles. The average molecular weight is 361 g/mol. The van der Waals surface area contributed by atoms with Gasteiger partial charge in [-0.05, 0) is 18.2 Å². The summed E-state index contributed by atoms with van der Waals surface area (Å²) in [4.78, 5) is 0. The van der Waals surface area contributed by atoms with Crippen molar-refractivity contribution in [3.05, 3.63) is 54.6 Å². The SMILES string of the molecule is C[n+]1c2ccccc2cc2oc3ccccc3c21.[I-]. The lowest BCUT2D eigenvalue weighted by Crippen LogP contribution is -3.00. The van der Waals surface area contributed by atoms with Crippen LogP contribution in [0.25, 0.3) is 33.0 Å². The van der Waals surface area contributed by atoms with Crippen molar-refractivity contribution in [2.75, 3.05) is 0 Å². The standard InChI is InChI=1S/C16H12NO.HI/c1-17-13-8-4-2-6-11(13)10-15-16(17)12-7-3-5-9-14(12)18-15;/h2-10H,1H3;1H/q+1;/p-1. The summed E-state index contributed by atoms with van der Waals surface area (Å²) in [6.07, 6.45) is 0. The molecule has 94 valence electrons. The van der Waals surface area contributed by atoms with Gasteiger partial charge >= 0.3 is 0 Å². The maximum Gasteiger partial charge on any atom is 0.259 e. The Bertz CT molecular complexity index is 895. The Labute approximate surface area is 127 Å². The largest absolute Gasteiger partial charge is 1.00 e. The van der Waals surface area contributed by atoms with E-state index in [2.05, 4.69) is 48.0 Å². The minimum atomic E-state index is 0. The van der Waals surface area contributed by atoms with Gasteiger partial charge in [0.1, 0.15) is 12.6 Å². The quantitative estimate of drug-likeness (QED) is 0.331. The highest BCUT2D eigenvalue weighted by molar-refractivity contribution is 6.02. The molecule has 0 atom stereocenters. The molecular formula is C16H12INO. The third kappa shape index (κ3) is 1.72. The van der Waals surface area contributed by atoms with E-state index in [9.17, 15) is 0 Å². The number of hydrogen-bond donors (Lipinski definition) is 0. The van der Waals surface area contributed by atoms with Crippen molar-refractivity contribution in [1.82, 2.24) is 0 Å². The van der Waals surface area contributed by atoms with Crippen LogP contribution >= 0.6 is 0 Å². The second kappa shape index (κ2) is 4.49. The van der Waals surface area contributed by atoms with Crippen molar-refractivity contribution >= 4 is 33.0 Å². The van der Waals surface area contributed by atoms with Crippen LogP contribution in [0.15, 0.2) is 59.0 Å². The summed E-state index contributed by atoms with van der Waals surface area (Å²) in [5.74, 6) is 0. The zero-order chi connectivity index (χ0) is 12.1. The van der Waals surface area contributed by atoms with Crippen LogP contribution in [0.4, 0.5) is 0 Å². The van der Waals surface area contributed by atoms with E-state index in [1.165, 1.54) is 16.3 Å². The van der Waals surface area contributed by atoms with E-state index in [0.29, 0.717) is 0 Å². The summed E-state index contributed by atoms with van der Waals surface area (Å²) in [6, 6.07) is 18.7. The third-order valence-electron chi connectivity index (χ3n) is 3.52. The molecule has 2 heterocycles. The normalized spacial score (nSPS) is 11.0. The van der Waals surface area contributed by atoms with Crippen LogP contribution in [0.2, 0.25) is 0 Å². The summed E-state index contributed by atoms with van der Waals surface area (Å²) in [7, 11) is 2.09. The summed E-state index contributed by atoms with van der Waals surface area (Å²) in [6.45, 7) is 0. The van der Waals surface area contributed by atoms with E-state index in [4.69, 9.17) is 4.42 Å². The van der Waals surface area contributed by atoms with E-state index in [1.807, 2.05) is 18.2 Å². The minimum absolute atomic E-state index is 0. The van der Waals surface area contributed by atoms with Gasteiger partial charge in [0.15, 0.2) is 5.58 Å². The Morgan fingerprint density at radius 1 is 0.895 bits per heavy atom. The van der Waals surface area contributed by atoms with Crippen molar-refractivity contribution in [2.24, 2.45) is 7.05 Å². The van der Waals surface area contributed by atoms with Crippen molar-refractivity contribution in [3.63, 3.8) is 0 Å². The highest BCUT2D eigenvalue weighted by Crippen LogP contribution is 2.27. The molecule has 0 aliphatic carbocycles. The molecule has 4 rings (SSSR count). The molecule has 0 radical (unpaired) electrons. The fourth-order valence-corrected chi connectivity index (χ4v) is 2.67. The predicted octanol–water partition coefficient (Wildman–Crippen LogP) is 0.568. The topological polar surface area (TPSA) is 17.0 Å². The first-order valence-electron chi connectivity index (χ1n) is 6.03. The molecular weight excluding hydrogens is 349 g/mol. The third-order valence-corrected chi connectivity index (χ3v) is 3.52. The van der Waals surface area contributed by atoms with Crippen molar-refractivity contribution < 1.29 is 33.0 Å². The number of nitrogens with zero attached hydrogens (tertiary/aromatic N) is 1. The summed E-state index contributed by atoms with van der Waals surface area (Å²) in [5.41, 5.74) is 4.26. The lowest BCUT2D eigenvalue weighted by atomic mass is 10.1. The number of aromatic nitrogens is 1. The smallest absolute Gasteiger partial charge is 0.259 e. The van der Waals surface area contributed by atoms with Crippen LogP contribution in [0.1, 0.15) is 0 Å². The molecule has 2 aromatic heterocycles. The molecule has 3 heteroatoms. The number of rotatable bonds is 0. The first-order chi connectivity index (χ1) is 8.84. The molecule has 0 spiro atoms. The van der Waals surface area contributed by atoms with Gasteiger partial charge in [-0.1, -0.05) is 24.3 Å². The lowest BCUT2D eigenvalue weighted by Gasteiger charge is -1.97. The van der Waals surface area contributed by atoms with E-state index in [-0.39, 0.29) is 24.0 Å². The fraction of sp³-hybridized carbons (Fsp3) is 0.0625. The van der Waals surface area contributed by atoms with Gasteiger partial charge in [0, 0.05) is 12.1 Å². The molecule has 0 saturated carbocycles. The molecule has 0 bridgehead atoms. The monoisotopic (exact) mass is 361 g/mol. The highest BCUT2D eigenvalue weighted by atomic mass is 127. The number of furan rings is 1. The maximum absolute atomic E-state index is 5.92. The van der Waals surface area contributed by atoms with Crippen LogP contribution in [-0.2, 0) is 7.05 Å². The van der Waals surface area contributed by atoms with Gasteiger partial charge in [-0.2, -0.15) is 4.57 Å². The summed E-state index contributed by atoms with van der Waals surface area (Å²) in [5, 5.41) is 2.37. The van der Waals surface area contributed by atoms with Crippen LogP contribution in [0.5, 0.6) is 0 Å². The molecule has 0 amide bonds. The highest BCUT2D eigenvalue weighted by Gasteiger charge is 2.18. The number of halogens is 1. The maximum atomic E-state index is 5.92. The van der Waals surface area contributed by atoms with Gasteiger partial charge in [-0.3, -0.25) is 0 Å². The summed E-state index contributed by atoms with van der Waals surface area (Å²) < 4.78 is 8.13. The second-order valence-corrected chi connectivity index (χ2v) is 4.57. The molecule has 19 heavy (non-hydrogen) atoms.